The van der Waals surface area contributed by atoms with Crippen molar-refractivity contribution < 1.29 is 13.2 Å². The minimum absolute atomic E-state index is 0.500. The molecule has 0 unspecified atom stereocenters. The zero-order valence-electron chi connectivity index (χ0n) is 12.7. The van der Waals surface area contributed by atoms with E-state index in [0.29, 0.717) is 18.7 Å². The largest absolute Gasteiger partial charge is 0.416 e. The number of hydrogen-bond donors (Lipinski definition) is 0. The van der Waals surface area contributed by atoms with Gasteiger partial charge in [0.2, 0.25) is 0 Å². The summed E-state index contributed by atoms with van der Waals surface area (Å²) >= 11 is 0. The molecule has 21 heavy (non-hydrogen) atoms. The number of hydrogen-bond acceptors (Lipinski definition) is 2. The average molecular weight is 298 g/mol. The first-order valence-electron chi connectivity index (χ1n) is 7.25. The van der Waals surface area contributed by atoms with Crippen molar-refractivity contribution in [1.29, 1.82) is 0 Å². The highest BCUT2D eigenvalue weighted by Gasteiger charge is 2.30. The summed E-state index contributed by atoms with van der Waals surface area (Å²) < 4.78 is 38.1. The van der Waals surface area contributed by atoms with Gasteiger partial charge in [-0.15, -0.1) is 0 Å². The second kappa shape index (κ2) is 8.44. The van der Waals surface area contributed by atoms with Crippen LogP contribution >= 0.6 is 0 Å². The van der Waals surface area contributed by atoms with E-state index in [1.165, 1.54) is 12.1 Å². The highest BCUT2D eigenvalue weighted by Crippen LogP contribution is 2.29. The average Bonchev–Trinajstić information content (AvgIpc) is 2.43. The van der Waals surface area contributed by atoms with Crippen molar-refractivity contribution >= 4 is 7.98 Å². The Morgan fingerprint density at radius 3 is 2.38 bits per heavy atom. The zero-order chi connectivity index (χ0) is 15.9. The Bertz CT molecular complexity index is 424. The van der Waals surface area contributed by atoms with Gasteiger partial charge in [0.15, 0.2) is 7.98 Å². The molecule has 2 radical (unpaired) electrons. The molecule has 0 atom stereocenters. The van der Waals surface area contributed by atoms with Crippen LogP contribution in [-0.2, 0) is 12.7 Å². The Kier molecular flexibility index (Phi) is 7.25. The fourth-order valence-corrected chi connectivity index (χ4v) is 2.12. The number of nitrogens with zero attached hydrogens (tertiary/aromatic N) is 2. The number of benzene rings is 1. The molecule has 0 bridgehead atoms. The Balaban J connectivity index is 2.61. The summed E-state index contributed by atoms with van der Waals surface area (Å²) in [6.45, 7) is 7.59. The van der Waals surface area contributed by atoms with E-state index in [0.717, 1.165) is 32.1 Å². The third kappa shape index (κ3) is 6.53. The van der Waals surface area contributed by atoms with E-state index in [1.807, 2.05) is 6.92 Å². The lowest BCUT2D eigenvalue weighted by Gasteiger charge is -2.24. The summed E-state index contributed by atoms with van der Waals surface area (Å²) in [4.78, 5) is 3.83. The fraction of sp³-hybridized carbons (Fsp3) is 0.600. The van der Waals surface area contributed by atoms with Crippen molar-refractivity contribution in [2.24, 2.45) is 0 Å². The van der Waals surface area contributed by atoms with E-state index >= 15 is 0 Å². The van der Waals surface area contributed by atoms with Gasteiger partial charge in [-0.1, -0.05) is 32.0 Å². The molecule has 0 aliphatic carbocycles. The van der Waals surface area contributed by atoms with Gasteiger partial charge in [0, 0.05) is 13.1 Å². The van der Waals surface area contributed by atoms with Crippen LogP contribution in [-0.4, -0.2) is 43.9 Å². The molecular formula is C15H22BF3N2. The summed E-state index contributed by atoms with van der Waals surface area (Å²) in [6, 6.07) is 5.50. The van der Waals surface area contributed by atoms with Crippen molar-refractivity contribution in [1.82, 2.24) is 9.71 Å². The second-order valence-corrected chi connectivity index (χ2v) is 5.10. The molecule has 1 aromatic rings. The predicted octanol–water partition coefficient (Wildman–Crippen LogP) is 3.32. The zero-order valence-corrected chi connectivity index (χ0v) is 12.7. The van der Waals surface area contributed by atoms with E-state index in [1.54, 1.807) is 10.9 Å². The van der Waals surface area contributed by atoms with E-state index in [4.69, 9.17) is 7.98 Å². The minimum atomic E-state index is -4.29. The quantitative estimate of drug-likeness (QED) is 0.679. The smallest absolute Gasteiger partial charge is 0.352 e. The van der Waals surface area contributed by atoms with Crippen LogP contribution in [0.15, 0.2) is 24.3 Å². The number of alkyl halides is 3. The van der Waals surface area contributed by atoms with Crippen molar-refractivity contribution in [3.63, 3.8) is 0 Å². The molecule has 0 spiro atoms. The Hall–Kier alpha value is -1.01. The van der Waals surface area contributed by atoms with Crippen LogP contribution in [0.2, 0.25) is 0 Å². The summed E-state index contributed by atoms with van der Waals surface area (Å²) in [6.07, 6.45) is -3.31. The number of likely N-dealkylation sites (N-methyl/N-ethyl adjacent to an activating group) is 1. The van der Waals surface area contributed by atoms with Crippen LogP contribution in [0.5, 0.6) is 0 Å². The first-order valence-corrected chi connectivity index (χ1v) is 7.25. The molecule has 1 aromatic carbocycles. The lowest BCUT2D eigenvalue weighted by molar-refractivity contribution is -0.137. The molecule has 0 heterocycles. The summed E-state index contributed by atoms with van der Waals surface area (Å²) in [5.74, 6) is 0. The molecule has 0 aromatic heterocycles. The molecule has 0 amide bonds. The van der Waals surface area contributed by atoms with E-state index < -0.39 is 11.7 Å². The van der Waals surface area contributed by atoms with Crippen LogP contribution < -0.4 is 0 Å². The van der Waals surface area contributed by atoms with Gasteiger partial charge in [-0.2, -0.15) is 13.2 Å². The Morgan fingerprint density at radius 2 is 1.81 bits per heavy atom. The van der Waals surface area contributed by atoms with Gasteiger partial charge in [0.25, 0.3) is 0 Å². The first-order chi connectivity index (χ1) is 9.86. The standard InChI is InChI=1S/C15H22BF3N2/c1-3-8-21(16)10-9-20(4-2)12-13-6-5-7-14(11-13)15(17,18)19/h5-7,11H,3-4,8-10,12H2,1-2H3. The molecule has 0 N–H and O–H groups in total. The van der Waals surface area contributed by atoms with Gasteiger partial charge in [-0.25, -0.2) is 0 Å². The molecule has 0 saturated carbocycles. The highest BCUT2D eigenvalue weighted by molar-refractivity contribution is 6.04. The maximum absolute atomic E-state index is 12.7. The number of halogens is 3. The van der Waals surface area contributed by atoms with E-state index in [9.17, 15) is 13.2 Å². The molecular weight excluding hydrogens is 276 g/mol. The third-order valence-corrected chi connectivity index (χ3v) is 3.32. The van der Waals surface area contributed by atoms with Crippen LogP contribution in [0.3, 0.4) is 0 Å². The lowest BCUT2D eigenvalue weighted by Crippen LogP contribution is -2.34. The van der Waals surface area contributed by atoms with Crippen molar-refractivity contribution in [3.05, 3.63) is 35.4 Å². The molecule has 1 rings (SSSR count). The number of rotatable bonds is 8. The summed E-state index contributed by atoms with van der Waals surface area (Å²) in [5.41, 5.74) is 0.0771. The molecule has 116 valence electrons. The molecule has 2 nitrogen and oxygen atoms in total. The van der Waals surface area contributed by atoms with Crippen LogP contribution in [0.1, 0.15) is 31.4 Å². The highest BCUT2D eigenvalue weighted by atomic mass is 19.4. The van der Waals surface area contributed by atoms with E-state index in [-0.39, 0.29) is 0 Å². The second-order valence-electron chi connectivity index (χ2n) is 5.10. The summed E-state index contributed by atoms with van der Waals surface area (Å²) in [5, 5.41) is 0. The predicted molar refractivity (Wildman–Crippen MR) is 80.0 cm³/mol. The molecule has 0 fully saturated rings. The maximum atomic E-state index is 12.7. The third-order valence-electron chi connectivity index (χ3n) is 3.32. The molecule has 6 heteroatoms. The van der Waals surface area contributed by atoms with Crippen LogP contribution in [0.4, 0.5) is 13.2 Å². The first kappa shape index (κ1) is 18.0. The monoisotopic (exact) mass is 298 g/mol. The lowest BCUT2D eigenvalue weighted by atomic mass is 10.1. The molecule has 0 saturated heterocycles. The SMILES string of the molecule is [B]N(CCC)CCN(CC)Cc1cccc(C(F)(F)F)c1. The molecule has 0 aliphatic heterocycles. The minimum Gasteiger partial charge on any atom is -0.352 e. The van der Waals surface area contributed by atoms with Gasteiger partial charge in [0.05, 0.1) is 5.56 Å². The normalized spacial score (nSPS) is 12.3. The van der Waals surface area contributed by atoms with Gasteiger partial charge in [-0.3, -0.25) is 4.90 Å². The fourth-order valence-electron chi connectivity index (χ4n) is 2.12. The Labute approximate surface area is 126 Å². The topological polar surface area (TPSA) is 6.48 Å². The van der Waals surface area contributed by atoms with Gasteiger partial charge in [0.1, 0.15) is 0 Å². The summed E-state index contributed by atoms with van der Waals surface area (Å²) in [7, 11) is 5.82. The van der Waals surface area contributed by atoms with Crippen LogP contribution in [0.25, 0.3) is 0 Å². The van der Waals surface area contributed by atoms with Gasteiger partial charge in [-0.05, 0) is 37.7 Å². The van der Waals surface area contributed by atoms with Crippen molar-refractivity contribution in [2.45, 2.75) is 33.0 Å². The Morgan fingerprint density at radius 1 is 1.10 bits per heavy atom. The maximum Gasteiger partial charge on any atom is 0.416 e. The van der Waals surface area contributed by atoms with E-state index in [2.05, 4.69) is 11.8 Å². The molecule has 0 aliphatic rings. The van der Waals surface area contributed by atoms with Gasteiger partial charge < -0.3 is 4.81 Å². The van der Waals surface area contributed by atoms with Gasteiger partial charge >= 0.3 is 6.18 Å². The van der Waals surface area contributed by atoms with Crippen molar-refractivity contribution in [2.75, 3.05) is 26.2 Å². The van der Waals surface area contributed by atoms with Crippen molar-refractivity contribution in [3.8, 4) is 0 Å². The van der Waals surface area contributed by atoms with Crippen LogP contribution in [0, 0.1) is 0 Å².